The first kappa shape index (κ1) is 8.52. The Morgan fingerprint density at radius 1 is 1.25 bits per heavy atom. The summed E-state index contributed by atoms with van der Waals surface area (Å²) in [5.74, 6) is 0.981. The van der Waals surface area contributed by atoms with Gasteiger partial charge in [0.25, 0.3) is 0 Å². The highest BCUT2D eigenvalue weighted by atomic mass is 16.3. The smallest absolute Gasteiger partial charge is 0.0880 e. The molecule has 0 aromatic carbocycles. The van der Waals surface area contributed by atoms with Crippen LogP contribution in [0.25, 0.3) is 0 Å². The van der Waals surface area contributed by atoms with Crippen LogP contribution in [0.5, 0.6) is 0 Å². The van der Waals surface area contributed by atoms with E-state index < -0.39 is 11.7 Å². The van der Waals surface area contributed by atoms with Gasteiger partial charge in [0.05, 0.1) is 11.7 Å². The summed E-state index contributed by atoms with van der Waals surface area (Å²) in [5.41, 5.74) is -0.575. The summed E-state index contributed by atoms with van der Waals surface area (Å²) in [7, 11) is 0. The summed E-state index contributed by atoms with van der Waals surface area (Å²) in [4.78, 5) is 0. The van der Waals surface area contributed by atoms with Crippen LogP contribution in [0, 0.1) is 17.3 Å². The molecule has 2 N–H and O–H groups in total. The predicted octanol–water partition coefficient (Wildman–Crippen LogP) is 1.16. The largest absolute Gasteiger partial charge is 0.390 e. The van der Waals surface area contributed by atoms with Gasteiger partial charge in [0.2, 0.25) is 0 Å². The molecule has 2 aliphatic carbocycles. The fourth-order valence-electron chi connectivity index (χ4n) is 2.95. The van der Waals surface area contributed by atoms with Gasteiger partial charge in [-0.05, 0) is 37.0 Å². The molecule has 0 amide bonds. The first-order chi connectivity index (χ1) is 5.37. The van der Waals surface area contributed by atoms with Crippen molar-refractivity contribution < 1.29 is 10.2 Å². The van der Waals surface area contributed by atoms with Crippen LogP contribution in [0.15, 0.2) is 0 Å². The summed E-state index contributed by atoms with van der Waals surface area (Å²) in [5, 5.41) is 19.7. The second kappa shape index (κ2) is 2.05. The molecule has 0 aliphatic heterocycles. The Labute approximate surface area is 73.6 Å². The molecule has 2 nitrogen and oxygen atoms in total. The van der Waals surface area contributed by atoms with E-state index in [0.29, 0.717) is 11.8 Å². The first-order valence-corrected chi connectivity index (χ1v) is 4.78. The minimum absolute atomic E-state index is 0.264. The van der Waals surface area contributed by atoms with Crippen LogP contribution in [0.4, 0.5) is 0 Å². The van der Waals surface area contributed by atoms with E-state index in [9.17, 15) is 10.2 Å². The lowest BCUT2D eigenvalue weighted by atomic mass is 9.84. The Kier molecular flexibility index (Phi) is 1.45. The molecular formula is C10H18O2. The molecule has 0 saturated heterocycles. The number of fused-ring (bicyclic) bond motifs is 1. The molecule has 2 saturated carbocycles. The predicted molar refractivity (Wildman–Crippen MR) is 46.6 cm³/mol. The van der Waals surface area contributed by atoms with Gasteiger partial charge >= 0.3 is 0 Å². The van der Waals surface area contributed by atoms with Crippen LogP contribution < -0.4 is 0 Å². The summed E-state index contributed by atoms with van der Waals surface area (Å²) in [6, 6.07) is 0. The maximum absolute atomic E-state index is 9.83. The molecule has 2 fully saturated rings. The zero-order valence-electron chi connectivity index (χ0n) is 8.04. The zero-order chi connectivity index (χ0) is 9.15. The second-order valence-electron chi connectivity index (χ2n) is 5.29. The fourth-order valence-corrected chi connectivity index (χ4v) is 2.95. The van der Waals surface area contributed by atoms with Crippen molar-refractivity contribution in [2.75, 3.05) is 0 Å². The molecule has 70 valence electrons. The van der Waals surface area contributed by atoms with Gasteiger partial charge in [-0.1, -0.05) is 13.8 Å². The SMILES string of the molecule is CC1(C)[C@@H]2[C@H]1CC[C@@](C)(O)[C@@H]2O. The monoisotopic (exact) mass is 170 g/mol. The zero-order valence-corrected chi connectivity index (χ0v) is 8.04. The highest BCUT2D eigenvalue weighted by Crippen LogP contribution is 2.66. The van der Waals surface area contributed by atoms with Crippen molar-refractivity contribution in [3.8, 4) is 0 Å². The summed E-state index contributed by atoms with van der Waals surface area (Å²) >= 11 is 0. The second-order valence-corrected chi connectivity index (χ2v) is 5.29. The standard InChI is InChI=1S/C10H18O2/c1-9(2)6-4-5-10(3,12)8(11)7(6)9/h6-8,11-12H,4-5H2,1-3H3/t6-,7-,8-,10-/m1/s1. The third-order valence-corrected chi connectivity index (χ3v) is 4.08. The van der Waals surface area contributed by atoms with E-state index >= 15 is 0 Å². The van der Waals surface area contributed by atoms with E-state index in [0.717, 1.165) is 12.8 Å². The molecule has 0 radical (unpaired) electrons. The van der Waals surface area contributed by atoms with E-state index in [2.05, 4.69) is 13.8 Å². The van der Waals surface area contributed by atoms with Crippen molar-refractivity contribution in [3.05, 3.63) is 0 Å². The van der Waals surface area contributed by atoms with Crippen LogP contribution in [0.2, 0.25) is 0 Å². The first-order valence-electron chi connectivity index (χ1n) is 4.78. The molecule has 2 heteroatoms. The fraction of sp³-hybridized carbons (Fsp3) is 1.00. The Morgan fingerprint density at radius 3 is 2.33 bits per heavy atom. The lowest BCUT2D eigenvalue weighted by Crippen LogP contribution is -2.43. The van der Waals surface area contributed by atoms with Crippen molar-refractivity contribution in [2.45, 2.75) is 45.3 Å². The molecule has 0 spiro atoms. The maximum Gasteiger partial charge on any atom is 0.0880 e. The van der Waals surface area contributed by atoms with Gasteiger partial charge in [0.15, 0.2) is 0 Å². The van der Waals surface area contributed by atoms with Crippen LogP contribution in [-0.2, 0) is 0 Å². The molecule has 12 heavy (non-hydrogen) atoms. The minimum atomic E-state index is -0.838. The number of aliphatic hydroxyl groups excluding tert-OH is 1. The number of aliphatic hydroxyl groups is 2. The molecule has 0 aromatic rings. The number of hydrogen-bond donors (Lipinski definition) is 2. The summed E-state index contributed by atoms with van der Waals surface area (Å²) in [6.45, 7) is 6.13. The van der Waals surface area contributed by atoms with Gasteiger partial charge in [0, 0.05) is 0 Å². The average molecular weight is 170 g/mol. The Balaban J connectivity index is 2.19. The molecule has 2 rings (SSSR count). The molecule has 0 heterocycles. The van der Waals surface area contributed by atoms with E-state index in [4.69, 9.17) is 0 Å². The highest BCUT2D eigenvalue weighted by Gasteiger charge is 2.65. The highest BCUT2D eigenvalue weighted by molar-refractivity contribution is 5.14. The normalized spacial score (nSPS) is 56.2. The lowest BCUT2D eigenvalue weighted by Gasteiger charge is -2.33. The number of rotatable bonds is 0. The van der Waals surface area contributed by atoms with Crippen LogP contribution >= 0.6 is 0 Å². The van der Waals surface area contributed by atoms with Crippen molar-refractivity contribution in [1.82, 2.24) is 0 Å². The molecule has 0 bridgehead atoms. The lowest BCUT2D eigenvalue weighted by molar-refractivity contribution is -0.0951. The molecule has 0 unspecified atom stereocenters. The Hall–Kier alpha value is -0.0800. The summed E-state index contributed by atoms with van der Waals surface area (Å²) < 4.78 is 0. The van der Waals surface area contributed by atoms with Gasteiger partial charge in [-0.25, -0.2) is 0 Å². The van der Waals surface area contributed by atoms with E-state index in [1.807, 2.05) is 0 Å². The Morgan fingerprint density at radius 2 is 1.83 bits per heavy atom. The van der Waals surface area contributed by atoms with Crippen LogP contribution in [0.3, 0.4) is 0 Å². The van der Waals surface area contributed by atoms with Gasteiger partial charge in [0.1, 0.15) is 0 Å². The van der Waals surface area contributed by atoms with Gasteiger partial charge in [-0.15, -0.1) is 0 Å². The van der Waals surface area contributed by atoms with E-state index in [-0.39, 0.29) is 5.41 Å². The molecule has 2 aliphatic rings. The third kappa shape index (κ3) is 0.882. The molecule has 4 atom stereocenters. The van der Waals surface area contributed by atoms with Crippen molar-refractivity contribution in [2.24, 2.45) is 17.3 Å². The quantitative estimate of drug-likeness (QED) is 0.573. The third-order valence-electron chi connectivity index (χ3n) is 4.08. The summed E-state index contributed by atoms with van der Waals surface area (Å²) in [6.07, 6.45) is 1.31. The average Bonchev–Trinajstić information content (AvgIpc) is 2.46. The minimum Gasteiger partial charge on any atom is -0.390 e. The van der Waals surface area contributed by atoms with Gasteiger partial charge < -0.3 is 10.2 Å². The Bertz CT molecular complexity index is 208. The maximum atomic E-state index is 9.83. The molecule has 0 aromatic heterocycles. The van der Waals surface area contributed by atoms with Gasteiger partial charge in [-0.3, -0.25) is 0 Å². The van der Waals surface area contributed by atoms with Crippen molar-refractivity contribution >= 4 is 0 Å². The van der Waals surface area contributed by atoms with Crippen molar-refractivity contribution in [1.29, 1.82) is 0 Å². The molecular weight excluding hydrogens is 152 g/mol. The van der Waals surface area contributed by atoms with Crippen molar-refractivity contribution in [3.63, 3.8) is 0 Å². The van der Waals surface area contributed by atoms with Crippen LogP contribution in [-0.4, -0.2) is 21.9 Å². The van der Waals surface area contributed by atoms with E-state index in [1.54, 1.807) is 6.92 Å². The van der Waals surface area contributed by atoms with E-state index in [1.165, 1.54) is 0 Å². The van der Waals surface area contributed by atoms with Gasteiger partial charge in [-0.2, -0.15) is 0 Å². The topological polar surface area (TPSA) is 40.5 Å². The van der Waals surface area contributed by atoms with Crippen LogP contribution in [0.1, 0.15) is 33.6 Å². The number of hydrogen-bond acceptors (Lipinski definition) is 2.